The van der Waals surface area contributed by atoms with E-state index < -0.39 is 39.3 Å². The Bertz CT molecular complexity index is 1060. The van der Waals surface area contributed by atoms with Gasteiger partial charge in [-0.05, 0) is 57.6 Å². The average Bonchev–Trinajstić information content (AvgIpc) is 2.97. The van der Waals surface area contributed by atoms with Gasteiger partial charge in [0.15, 0.2) is 0 Å². The van der Waals surface area contributed by atoms with Crippen LogP contribution in [-0.2, 0) is 19.6 Å². The van der Waals surface area contributed by atoms with Gasteiger partial charge in [0.25, 0.3) is 5.91 Å². The summed E-state index contributed by atoms with van der Waals surface area (Å²) in [5.74, 6) is -1.29. The highest BCUT2D eigenvalue weighted by atomic mass is 32.2. The lowest BCUT2D eigenvalue weighted by atomic mass is 9.82. The fourth-order valence-corrected chi connectivity index (χ4v) is 7.36. The van der Waals surface area contributed by atoms with Gasteiger partial charge in [-0.3, -0.25) is 15.0 Å². The second-order valence-electron chi connectivity index (χ2n) is 9.60. The standard InChI is InChI=1S/C23H32N4O5S/c1-15-13-16(2)19(17(3)14-15)33(31,32)26-11-7-18(8-12-26)20(28)25-27-21(29)23(24-22(27)30)9-5-4-6-10-23/h13-14,18H,4-12H2,1-3H3,(H,24,30)(H,25,28). The SMILES string of the molecule is Cc1cc(C)c(S(=O)(=O)N2CCC(C(=O)NN3C(=O)NC4(CCCCC4)C3=O)CC2)c(C)c1. The third-order valence-corrected chi connectivity index (χ3v) is 9.32. The predicted molar refractivity (Wildman–Crippen MR) is 121 cm³/mol. The van der Waals surface area contributed by atoms with E-state index in [2.05, 4.69) is 10.7 Å². The van der Waals surface area contributed by atoms with Crippen LogP contribution in [0.5, 0.6) is 0 Å². The minimum Gasteiger partial charge on any atom is -0.322 e. The van der Waals surface area contributed by atoms with Crippen LogP contribution in [0.3, 0.4) is 0 Å². The summed E-state index contributed by atoms with van der Waals surface area (Å²) in [4.78, 5) is 38.4. The number of nitrogens with one attached hydrogen (secondary N) is 2. The van der Waals surface area contributed by atoms with Crippen molar-refractivity contribution in [1.29, 1.82) is 0 Å². The molecule has 1 saturated carbocycles. The zero-order valence-corrected chi connectivity index (χ0v) is 20.3. The van der Waals surface area contributed by atoms with Crippen molar-refractivity contribution >= 4 is 27.9 Å². The van der Waals surface area contributed by atoms with Gasteiger partial charge in [0.05, 0.1) is 4.90 Å². The Kier molecular flexibility index (Phi) is 6.26. The topological polar surface area (TPSA) is 116 Å². The molecular weight excluding hydrogens is 444 g/mol. The lowest BCUT2D eigenvalue weighted by Crippen LogP contribution is -2.53. The van der Waals surface area contributed by atoms with E-state index in [0.717, 1.165) is 29.8 Å². The molecule has 1 aromatic rings. The van der Waals surface area contributed by atoms with Gasteiger partial charge < -0.3 is 5.32 Å². The molecule has 10 heteroatoms. The smallest absolute Gasteiger partial charge is 0.322 e. The van der Waals surface area contributed by atoms with Gasteiger partial charge in [0, 0.05) is 19.0 Å². The normalized spacial score (nSPS) is 22.0. The summed E-state index contributed by atoms with van der Waals surface area (Å²) in [7, 11) is -3.67. The molecule has 4 amide bonds. The number of carbonyl (C=O) groups excluding carboxylic acids is 3. The molecule has 0 bridgehead atoms. The summed E-state index contributed by atoms with van der Waals surface area (Å²) in [6.07, 6.45) is 4.56. The summed E-state index contributed by atoms with van der Waals surface area (Å²) < 4.78 is 28.0. The first-order valence-corrected chi connectivity index (χ1v) is 13.0. The first kappa shape index (κ1) is 23.7. The quantitative estimate of drug-likeness (QED) is 0.647. The number of nitrogens with zero attached hydrogens (tertiary/aromatic N) is 2. The zero-order chi connectivity index (χ0) is 24.0. The van der Waals surface area contributed by atoms with Crippen molar-refractivity contribution in [3.8, 4) is 0 Å². The number of imide groups is 1. The fraction of sp³-hybridized carbons (Fsp3) is 0.609. The monoisotopic (exact) mass is 476 g/mol. The number of rotatable bonds is 4. The van der Waals surface area contributed by atoms with Crippen LogP contribution in [0.15, 0.2) is 17.0 Å². The highest BCUT2D eigenvalue weighted by molar-refractivity contribution is 7.89. The Morgan fingerprint density at radius 2 is 1.61 bits per heavy atom. The van der Waals surface area contributed by atoms with Crippen LogP contribution in [-0.4, -0.2) is 54.2 Å². The fourth-order valence-electron chi connectivity index (χ4n) is 5.48. The minimum absolute atomic E-state index is 0.206. The van der Waals surface area contributed by atoms with Gasteiger partial charge in [0.2, 0.25) is 15.9 Å². The van der Waals surface area contributed by atoms with Crippen molar-refractivity contribution in [3.63, 3.8) is 0 Å². The van der Waals surface area contributed by atoms with E-state index in [0.29, 0.717) is 41.7 Å². The third kappa shape index (κ3) is 4.26. The van der Waals surface area contributed by atoms with E-state index >= 15 is 0 Å². The first-order valence-electron chi connectivity index (χ1n) is 11.6. The van der Waals surface area contributed by atoms with Crippen molar-refractivity contribution in [2.45, 2.75) is 76.2 Å². The average molecular weight is 477 g/mol. The number of aryl methyl sites for hydroxylation is 3. The summed E-state index contributed by atoms with van der Waals surface area (Å²) >= 11 is 0. The summed E-state index contributed by atoms with van der Waals surface area (Å²) in [6, 6.07) is 3.12. The molecule has 1 spiro atoms. The highest BCUT2D eigenvalue weighted by Crippen LogP contribution is 2.33. The Hall–Kier alpha value is -2.46. The molecule has 2 heterocycles. The van der Waals surface area contributed by atoms with Crippen LogP contribution in [0.25, 0.3) is 0 Å². The lowest BCUT2D eigenvalue weighted by molar-refractivity contribution is -0.141. The van der Waals surface area contributed by atoms with Gasteiger partial charge in [-0.15, -0.1) is 0 Å². The number of hydrazine groups is 1. The van der Waals surface area contributed by atoms with Crippen LogP contribution >= 0.6 is 0 Å². The van der Waals surface area contributed by atoms with Crippen LogP contribution in [0.2, 0.25) is 0 Å². The largest absolute Gasteiger partial charge is 0.344 e. The molecule has 2 N–H and O–H groups in total. The maximum Gasteiger partial charge on any atom is 0.344 e. The van der Waals surface area contributed by atoms with Gasteiger partial charge in [-0.1, -0.05) is 37.0 Å². The van der Waals surface area contributed by atoms with Gasteiger partial charge in [0.1, 0.15) is 5.54 Å². The van der Waals surface area contributed by atoms with E-state index in [-0.39, 0.29) is 13.1 Å². The number of sulfonamides is 1. The Morgan fingerprint density at radius 1 is 1.03 bits per heavy atom. The van der Waals surface area contributed by atoms with E-state index in [1.165, 1.54) is 4.31 Å². The van der Waals surface area contributed by atoms with Crippen LogP contribution in [0, 0.1) is 26.7 Å². The number of amides is 4. The van der Waals surface area contributed by atoms with Crippen molar-refractivity contribution in [2.75, 3.05) is 13.1 Å². The molecule has 0 radical (unpaired) electrons. The Balaban J connectivity index is 1.40. The number of hydrogen-bond donors (Lipinski definition) is 2. The number of urea groups is 1. The van der Waals surface area contributed by atoms with Crippen molar-refractivity contribution in [2.24, 2.45) is 5.92 Å². The van der Waals surface area contributed by atoms with E-state index in [1.807, 2.05) is 19.1 Å². The molecule has 2 saturated heterocycles. The molecule has 0 unspecified atom stereocenters. The Labute approximate surface area is 194 Å². The first-order chi connectivity index (χ1) is 15.5. The summed E-state index contributed by atoms with van der Waals surface area (Å²) in [5.41, 5.74) is 4.03. The number of hydrogen-bond acceptors (Lipinski definition) is 5. The van der Waals surface area contributed by atoms with Crippen molar-refractivity contribution in [1.82, 2.24) is 20.1 Å². The predicted octanol–water partition coefficient (Wildman–Crippen LogP) is 2.30. The molecule has 3 aliphatic rings. The molecule has 0 aromatic heterocycles. The van der Waals surface area contributed by atoms with Gasteiger partial charge >= 0.3 is 6.03 Å². The second kappa shape index (κ2) is 8.72. The third-order valence-electron chi connectivity index (χ3n) is 7.12. The molecule has 9 nitrogen and oxygen atoms in total. The van der Waals surface area contributed by atoms with Crippen molar-refractivity contribution in [3.05, 3.63) is 28.8 Å². The molecule has 3 fully saturated rings. The van der Waals surface area contributed by atoms with Crippen LogP contribution in [0.1, 0.15) is 61.6 Å². The van der Waals surface area contributed by atoms with Crippen LogP contribution < -0.4 is 10.7 Å². The molecule has 1 aliphatic carbocycles. The molecule has 33 heavy (non-hydrogen) atoms. The summed E-state index contributed by atoms with van der Waals surface area (Å²) in [6.45, 7) is 5.94. The molecular formula is C23H32N4O5S. The molecule has 0 atom stereocenters. The van der Waals surface area contributed by atoms with E-state index in [9.17, 15) is 22.8 Å². The van der Waals surface area contributed by atoms with Crippen molar-refractivity contribution < 1.29 is 22.8 Å². The number of carbonyl (C=O) groups is 3. The molecule has 1 aromatic carbocycles. The molecule has 4 rings (SSSR count). The molecule has 180 valence electrons. The maximum atomic E-state index is 13.3. The van der Waals surface area contributed by atoms with E-state index in [1.54, 1.807) is 13.8 Å². The van der Waals surface area contributed by atoms with Gasteiger partial charge in [-0.2, -0.15) is 9.31 Å². The summed E-state index contributed by atoms with van der Waals surface area (Å²) in [5, 5.41) is 3.59. The van der Waals surface area contributed by atoms with E-state index in [4.69, 9.17) is 0 Å². The number of piperidine rings is 1. The van der Waals surface area contributed by atoms with Crippen LogP contribution in [0.4, 0.5) is 4.79 Å². The second-order valence-corrected chi connectivity index (χ2v) is 11.5. The molecule has 2 aliphatic heterocycles. The van der Waals surface area contributed by atoms with Gasteiger partial charge in [-0.25, -0.2) is 13.2 Å². The number of benzene rings is 1. The zero-order valence-electron chi connectivity index (χ0n) is 19.4. The minimum atomic E-state index is -3.67. The Morgan fingerprint density at radius 3 is 2.18 bits per heavy atom. The lowest BCUT2D eigenvalue weighted by Gasteiger charge is -2.32. The maximum absolute atomic E-state index is 13.3. The highest BCUT2D eigenvalue weighted by Gasteiger charge is 2.52.